The third-order valence-electron chi connectivity index (χ3n) is 10.8. The van der Waals surface area contributed by atoms with Gasteiger partial charge in [-0.3, -0.25) is 0 Å². The van der Waals surface area contributed by atoms with Crippen LogP contribution in [-0.2, 0) is 0 Å². The number of rotatable bonds is 10. The maximum atomic E-state index is 2.45. The van der Waals surface area contributed by atoms with E-state index in [0.29, 0.717) is 0 Å². The molecule has 9 aromatic carbocycles. The molecule has 0 aliphatic rings. The molecule has 0 aliphatic heterocycles. The van der Waals surface area contributed by atoms with Crippen LogP contribution in [0.3, 0.4) is 0 Å². The van der Waals surface area contributed by atoms with Gasteiger partial charge in [0, 0.05) is 17.1 Å². The van der Waals surface area contributed by atoms with E-state index >= 15 is 0 Å². The first kappa shape index (κ1) is 34.7. The Morgan fingerprint density at radius 1 is 0.214 bits per heavy atom. The molecule has 9 aromatic rings. The molecular formula is C54H41NSi. The fourth-order valence-corrected chi connectivity index (χ4v) is 12.9. The van der Waals surface area contributed by atoms with E-state index in [9.17, 15) is 0 Å². The van der Waals surface area contributed by atoms with Crippen LogP contribution >= 0.6 is 0 Å². The monoisotopic (exact) mass is 731 g/mol. The molecule has 0 radical (unpaired) electrons. The third kappa shape index (κ3) is 6.79. The molecule has 0 unspecified atom stereocenters. The third-order valence-corrected chi connectivity index (χ3v) is 15.6. The van der Waals surface area contributed by atoms with Gasteiger partial charge in [-0.1, -0.05) is 212 Å². The molecule has 0 atom stereocenters. The van der Waals surface area contributed by atoms with E-state index in [0.717, 1.165) is 17.1 Å². The zero-order valence-electron chi connectivity index (χ0n) is 31.1. The highest BCUT2D eigenvalue weighted by molar-refractivity contribution is 7.19. The summed E-state index contributed by atoms with van der Waals surface area (Å²) in [4.78, 5) is 2.37. The number of anilines is 3. The number of hydrogen-bond acceptors (Lipinski definition) is 1. The van der Waals surface area contributed by atoms with Crippen LogP contribution in [0.1, 0.15) is 0 Å². The number of benzene rings is 9. The van der Waals surface area contributed by atoms with Gasteiger partial charge in [0.15, 0.2) is 8.07 Å². The zero-order valence-corrected chi connectivity index (χ0v) is 32.1. The Bertz CT molecular complexity index is 2460. The van der Waals surface area contributed by atoms with Crippen molar-refractivity contribution in [1.82, 2.24) is 0 Å². The Balaban J connectivity index is 1.17. The van der Waals surface area contributed by atoms with Gasteiger partial charge in [0.2, 0.25) is 0 Å². The molecule has 266 valence electrons. The minimum absolute atomic E-state index is 1.10. The quantitative estimate of drug-likeness (QED) is 0.1000. The zero-order chi connectivity index (χ0) is 37.6. The lowest BCUT2D eigenvalue weighted by Crippen LogP contribution is -2.74. The van der Waals surface area contributed by atoms with Gasteiger partial charge in [0.25, 0.3) is 0 Å². The molecule has 0 heterocycles. The van der Waals surface area contributed by atoms with Crippen LogP contribution < -0.4 is 25.6 Å². The molecule has 0 fully saturated rings. The summed E-state index contributed by atoms with van der Waals surface area (Å²) < 4.78 is 0. The van der Waals surface area contributed by atoms with Crippen molar-refractivity contribution in [1.29, 1.82) is 0 Å². The van der Waals surface area contributed by atoms with Crippen LogP contribution in [0.15, 0.2) is 249 Å². The maximum Gasteiger partial charge on any atom is 0.179 e. The molecule has 0 bridgehead atoms. The molecule has 56 heavy (non-hydrogen) atoms. The van der Waals surface area contributed by atoms with E-state index in [-0.39, 0.29) is 0 Å². The summed E-state index contributed by atoms with van der Waals surface area (Å²) in [6.45, 7) is 0. The normalized spacial score (nSPS) is 11.2. The Morgan fingerprint density at radius 3 is 0.964 bits per heavy atom. The molecule has 0 spiro atoms. The van der Waals surface area contributed by atoms with Crippen molar-refractivity contribution in [3.8, 4) is 33.4 Å². The SMILES string of the molecule is c1ccc(-c2ccc(N(c3ccc(-c4ccccc4)cc3)c3cccc(-c4cccc([Si](c5ccccc5)(c5ccccc5)c5ccccc5)c4)c3)cc2)cc1. The van der Waals surface area contributed by atoms with Gasteiger partial charge in [-0.05, 0) is 90.5 Å². The minimum Gasteiger partial charge on any atom is -0.310 e. The van der Waals surface area contributed by atoms with E-state index in [1.807, 2.05) is 0 Å². The van der Waals surface area contributed by atoms with E-state index in [1.54, 1.807) is 0 Å². The van der Waals surface area contributed by atoms with Crippen molar-refractivity contribution in [2.75, 3.05) is 4.90 Å². The molecule has 0 aliphatic carbocycles. The second-order valence-corrected chi connectivity index (χ2v) is 17.9. The molecule has 1 nitrogen and oxygen atoms in total. The fourth-order valence-electron chi connectivity index (χ4n) is 8.14. The summed E-state index contributed by atoms with van der Waals surface area (Å²) in [7, 11) is -2.68. The topological polar surface area (TPSA) is 3.24 Å². The predicted molar refractivity (Wildman–Crippen MR) is 241 cm³/mol. The van der Waals surface area contributed by atoms with Gasteiger partial charge < -0.3 is 4.90 Å². The van der Waals surface area contributed by atoms with Crippen molar-refractivity contribution in [3.63, 3.8) is 0 Å². The molecular weight excluding hydrogens is 691 g/mol. The number of nitrogens with zero attached hydrogens (tertiary/aromatic N) is 1. The summed E-state index contributed by atoms with van der Waals surface area (Å²) in [6, 6.07) is 90.7. The van der Waals surface area contributed by atoms with Gasteiger partial charge in [0.1, 0.15) is 0 Å². The summed E-state index contributed by atoms with van der Waals surface area (Å²) in [5.74, 6) is 0. The summed E-state index contributed by atoms with van der Waals surface area (Å²) >= 11 is 0. The Morgan fingerprint density at radius 2 is 0.536 bits per heavy atom. The van der Waals surface area contributed by atoms with Crippen LogP contribution in [-0.4, -0.2) is 8.07 Å². The summed E-state index contributed by atoms with van der Waals surface area (Å²) in [6.07, 6.45) is 0. The van der Waals surface area contributed by atoms with Crippen LogP contribution in [0, 0.1) is 0 Å². The first-order chi connectivity index (χ1) is 27.8. The van der Waals surface area contributed by atoms with Crippen molar-refractivity contribution in [3.05, 3.63) is 249 Å². The largest absolute Gasteiger partial charge is 0.310 e. The Hall–Kier alpha value is -7.00. The highest BCUT2D eigenvalue weighted by Gasteiger charge is 2.41. The lowest BCUT2D eigenvalue weighted by Gasteiger charge is -2.34. The van der Waals surface area contributed by atoms with Crippen LogP contribution in [0.4, 0.5) is 17.1 Å². The first-order valence-electron chi connectivity index (χ1n) is 19.3. The highest BCUT2D eigenvalue weighted by Crippen LogP contribution is 2.38. The summed E-state index contributed by atoms with van der Waals surface area (Å²) in [5, 5.41) is 5.46. The lowest BCUT2D eigenvalue weighted by molar-refractivity contribution is 1.28. The minimum atomic E-state index is -2.68. The standard InChI is InChI=1S/C54H41NSi/c1-6-18-42(19-7-1)44-32-36-48(37-33-44)55(49-38-34-45(35-39-49)43-20-8-2-9-21-43)50-24-16-22-46(40-50)47-23-17-31-54(41-47)56(51-25-10-3-11-26-51,52-27-12-4-13-28-52)53-29-14-5-15-30-53/h1-41H. The molecule has 0 saturated heterocycles. The van der Waals surface area contributed by atoms with Gasteiger partial charge in [0.05, 0.1) is 0 Å². The predicted octanol–water partition coefficient (Wildman–Crippen LogP) is 11.5. The van der Waals surface area contributed by atoms with Crippen LogP contribution in [0.2, 0.25) is 0 Å². The van der Waals surface area contributed by atoms with Crippen molar-refractivity contribution in [2.45, 2.75) is 0 Å². The maximum absolute atomic E-state index is 2.68. The molecule has 0 amide bonds. The van der Waals surface area contributed by atoms with Crippen LogP contribution in [0.25, 0.3) is 33.4 Å². The molecule has 9 rings (SSSR count). The molecule has 0 aromatic heterocycles. The molecule has 2 heteroatoms. The van der Waals surface area contributed by atoms with E-state index in [1.165, 1.54) is 54.1 Å². The second kappa shape index (κ2) is 15.8. The second-order valence-electron chi connectivity index (χ2n) is 14.1. The van der Waals surface area contributed by atoms with Crippen LogP contribution in [0.5, 0.6) is 0 Å². The van der Waals surface area contributed by atoms with Crippen molar-refractivity contribution < 1.29 is 0 Å². The highest BCUT2D eigenvalue weighted by atomic mass is 28.3. The lowest BCUT2D eigenvalue weighted by atomic mass is 10.0. The summed E-state index contributed by atoms with van der Waals surface area (Å²) in [5.41, 5.74) is 10.5. The Labute approximate surface area is 331 Å². The average molecular weight is 732 g/mol. The van der Waals surface area contributed by atoms with Crippen molar-refractivity contribution in [2.24, 2.45) is 0 Å². The molecule has 0 saturated carbocycles. The number of hydrogen-bond donors (Lipinski definition) is 0. The molecule has 0 N–H and O–H groups in total. The van der Waals surface area contributed by atoms with E-state index < -0.39 is 8.07 Å². The average Bonchev–Trinajstić information content (AvgIpc) is 3.29. The van der Waals surface area contributed by atoms with Gasteiger partial charge >= 0.3 is 0 Å². The van der Waals surface area contributed by atoms with Crippen molar-refractivity contribution >= 4 is 45.9 Å². The Kier molecular flexibility index (Phi) is 9.78. The van der Waals surface area contributed by atoms with Gasteiger partial charge in [-0.15, -0.1) is 0 Å². The first-order valence-corrected chi connectivity index (χ1v) is 21.3. The van der Waals surface area contributed by atoms with E-state index in [4.69, 9.17) is 0 Å². The fraction of sp³-hybridized carbons (Fsp3) is 0. The van der Waals surface area contributed by atoms with E-state index in [2.05, 4.69) is 254 Å². The van der Waals surface area contributed by atoms with Gasteiger partial charge in [-0.2, -0.15) is 0 Å². The smallest absolute Gasteiger partial charge is 0.179 e. The van der Waals surface area contributed by atoms with Gasteiger partial charge in [-0.25, -0.2) is 0 Å².